The van der Waals surface area contributed by atoms with Crippen LogP contribution in [0.5, 0.6) is 0 Å². The van der Waals surface area contributed by atoms with E-state index >= 15 is 0 Å². The molecular weight excluding hydrogens is 425 g/mol. The van der Waals surface area contributed by atoms with E-state index in [2.05, 4.69) is 17.1 Å². The molecule has 1 aromatic carbocycles. The number of aliphatic imine (C=N–C) groups is 1. The highest BCUT2D eigenvalue weighted by Gasteiger charge is 2.31. The van der Waals surface area contributed by atoms with E-state index in [-0.39, 0.29) is 5.91 Å². The predicted molar refractivity (Wildman–Crippen MR) is 118 cm³/mol. The second-order valence-corrected chi connectivity index (χ2v) is 8.10. The van der Waals surface area contributed by atoms with Gasteiger partial charge < -0.3 is 20.5 Å². The maximum absolute atomic E-state index is 13.1. The SMILES string of the molecule is C=C1CN=C(C2=C(N)CCN(C(=O)c3ccc(Cl)c(Cl)c3)C2)c2noc(NC)c2C1. The van der Waals surface area contributed by atoms with Crippen LogP contribution in [-0.4, -0.2) is 48.4 Å². The highest BCUT2D eigenvalue weighted by Crippen LogP contribution is 2.30. The lowest BCUT2D eigenvalue weighted by Gasteiger charge is -2.30. The molecule has 1 amide bonds. The average Bonchev–Trinajstić information content (AvgIpc) is 3.05. The summed E-state index contributed by atoms with van der Waals surface area (Å²) < 4.78 is 5.44. The summed E-state index contributed by atoms with van der Waals surface area (Å²) in [6.45, 7) is 5.37. The van der Waals surface area contributed by atoms with Crippen LogP contribution in [0.25, 0.3) is 0 Å². The summed E-state index contributed by atoms with van der Waals surface area (Å²) in [5.74, 6) is 0.438. The molecule has 0 atom stereocenters. The van der Waals surface area contributed by atoms with Crippen molar-refractivity contribution in [3.05, 3.63) is 68.5 Å². The van der Waals surface area contributed by atoms with Crippen molar-refractivity contribution in [3.63, 3.8) is 0 Å². The number of nitrogens with zero attached hydrogens (tertiary/aromatic N) is 3. The van der Waals surface area contributed by atoms with Gasteiger partial charge in [0.25, 0.3) is 5.91 Å². The summed E-state index contributed by atoms with van der Waals surface area (Å²) in [6.07, 6.45) is 1.15. The summed E-state index contributed by atoms with van der Waals surface area (Å²) in [5, 5.41) is 7.99. The third-order valence-electron chi connectivity index (χ3n) is 5.25. The van der Waals surface area contributed by atoms with Crippen LogP contribution in [0.2, 0.25) is 10.0 Å². The number of amides is 1. The average molecular weight is 446 g/mol. The molecule has 0 unspecified atom stereocenters. The van der Waals surface area contributed by atoms with Crippen molar-refractivity contribution in [1.29, 1.82) is 0 Å². The van der Waals surface area contributed by atoms with Gasteiger partial charge in [-0.15, -0.1) is 0 Å². The molecule has 3 heterocycles. The molecule has 0 saturated heterocycles. The lowest BCUT2D eigenvalue weighted by atomic mass is 9.96. The van der Waals surface area contributed by atoms with Gasteiger partial charge in [0.2, 0.25) is 5.88 Å². The molecule has 0 saturated carbocycles. The van der Waals surface area contributed by atoms with Crippen LogP contribution in [-0.2, 0) is 6.42 Å². The molecule has 0 radical (unpaired) electrons. The van der Waals surface area contributed by atoms with Crippen LogP contribution in [0, 0.1) is 0 Å². The molecule has 0 bridgehead atoms. The molecule has 3 N–H and O–H groups in total. The number of carbonyl (C=O) groups is 1. The highest BCUT2D eigenvalue weighted by atomic mass is 35.5. The van der Waals surface area contributed by atoms with Gasteiger partial charge in [0.05, 0.1) is 27.9 Å². The molecule has 156 valence electrons. The first-order chi connectivity index (χ1) is 14.4. The fourth-order valence-electron chi connectivity index (χ4n) is 3.66. The Morgan fingerprint density at radius 3 is 2.87 bits per heavy atom. The largest absolute Gasteiger partial charge is 0.402 e. The molecule has 2 aliphatic heterocycles. The van der Waals surface area contributed by atoms with Crippen molar-refractivity contribution < 1.29 is 9.32 Å². The van der Waals surface area contributed by atoms with Gasteiger partial charge in [-0.3, -0.25) is 9.79 Å². The number of benzene rings is 1. The summed E-state index contributed by atoms with van der Waals surface area (Å²) in [6, 6.07) is 4.86. The Balaban J connectivity index is 1.67. The third-order valence-corrected chi connectivity index (χ3v) is 5.99. The van der Waals surface area contributed by atoms with Crippen LogP contribution in [0.1, 0.15) is 28.0 Å². The fourth-order valence-corrected chi connectivity index (χ4v) is 3.95. The van der Waals surface area contributed by atoms with E-state index in [0.717, 1.165) is 16.7 Å². The third kappa shape index (κ3) is 3.70. The van der Waals surface area contributed by atoms with E-state index < -0.39 is 0 Å². The van der Waals surface area contributed by atoms with Crippen molar-refractivity contribution in [3.8, 4) is 0 Å². The molecule has 4 rings (SSSR count). The second-order valence-electron chi connectivity index (χ2n) is 7.29. The molecular formula is C21H21Cl2N5O2. The Labute approximate surface area is 184 Å². The number of hydrogen-bond donors (Lipinski definition) is 2. The summed E-state index contributed by atoms with van der Waals surface area (Å²) >= 11 is 12.1. The van der Waals surface area contributed by atoms with Gasteiger partial charge in [-0.25, -0.2) is 0 Å². The predicted octanol–water partition coefficient (Wildman–Crippen LogP) is 3.68. The maximum Gasteiger partial charge on any atom is 0.254 e. The molecule has 0 fully saturated rings. The minimum Gasteiger partial charge on any atom is -0.402 e. The number of carbonyl (C=O) groups excluding carboxylic acids is 1. The standard InChI is InChI=1S/C21H21Cl2N5O2/c1-11-7-13-19(27-30-20(13)25-2)18(26-9-11)14-10-28(6-5-17(14)24)21(29)12-3-4-15(22)16(23)8-12/h3-4,8,25H,1,5-7,9-10,24H2,2H3. The number of aromatic nitrogens is 1. The van der Waals surface area contributed by atoms with E-state index in [9.17, 15) is 4.79 Å². The van der Waals surface area contributed by atoms with Gasteiger partial charge >= 0.3 is 0 Å². The fraction of sp³-hybridized carbons (Fsp3) is 0.286. The van der Waals surface area contributed by atoms with E-state index in [0.29, 0.717) is 71.1 Å². The molecule has 30 heavy (non-hydrogen) atoms. The van der Waals surface area contributed by atoms with Crippen molar-refractivity contribution in [2.45, 2.75) is 12.8 Å². The van der Waals surface area contributed by atoms with Gasteiger partial charge in [0.15, 0.2) is 0 Å². The Morgan fingerprint density at radius 2 is 2.13 bits per heavy atom. The van der Waals surface area contributed by atoms with E-state index in [1.54, 1.807) is 30.1 Å². The Morgan fingerprint density at radius 1 is 1.33 bits per heavy atom. The molecule has 0 aliphatic carbocycles. The molecule has 2 aromatic rings. The van der Waals surface area contributed by atoms with Gasteiger partial charge in [0, 0.05) is 49.8 Å². The number of fused-ring (bicyclic) bond motifs is 1. The highest BCUT2D eigenvalue weighted by molar-refractivity contribution is 6.42. The number of halogens is 2. The number of hydrogen-bond acceptors (Lipinski definition) is 6. The van der Waals surface area contributed by atoms with Gasteiger partial charge in [-0.2, -0.15) is 0 Å². The first-order valence-corrected chi connectivity index (χ1v) is 10.2. The monoisotopic (exact) mass is 445 g/mol. The molecule has 0 spiro atoms. The number of nitrogens with two attached hydrogens (primary N) is 1. The van der Waals surface area contributed by atoms with E-state index in [1.165, 1.54) is 0 Å². The Hall–Kier alpha value is -2.77. The van der Waals surface area contributed by atoms with Crippen molar-refractivity contribution >= 4 is 40.7 Å². The van der Waals surface area contributed by atoms with Gasteiger partial charge in [-0.1, -0.05) is 40.5 Å². The second kappa shape index (κ2) is 8.16. The quantitative estimate of drug-likeness (QED) is 0.702. The van der Waals surface area contributed by atoms with Crippen LogP contribution in [0.4, 0.5) is 5.88 Å². The van der Waals surface area contributed by atoms with Crippen molar-refractivity contribution in [2.24, 2.45) is 10.7 Å². The van der Waals surface area contributed by atoms with Crippen LogP contribution in [0.3, 0.4) is 0 Å². The van der Waals surface area contributed by atoms with Gasteiger partial charge in [0.1, 0.15) is 5.69 Å². The summed E-state index contributed by atoms with van der Waals surface area (Å²) in [7, 11) is 1.77. The number of rotatable bonds is 3. The molecule has 9 heteroatoms. The Kier molecular flexibility index (Phi) is 5.58. The van der Waals surface area contributed by atoms with Crippen LogP contribution < -0.4 is 11.1 Å². The zero-order valence-electron chi connectivity index (χ0n) is 16.5. The number of nitrogens with one attached hydrogen (secondary N) is 1. The minimum absolute atomic E-state index is 0.145. The van der Waals surface area contributed by atoms with Gasteiger partial charge in [-0.05, 0) is 18.2 Å². The summed E-state index contributed by atoms with van der Waals surface area (Å²) in [5.41, 5.74) is 11.4. The Bertz CT molecular complexity index is 1100. The zero-order valence-corrected chi connectivity index (χ0v) is 18.0. The topological polar surface area (TPSA) is 96.8 Å². The van der Waals surface area contributed by atoms with Crippen molar-refractivity contribution in [1.82, 2.24) is 10.1 Å². The van der Waals surface area contributed by atoms with Crippen molar-refractivity contribution in [2.75, 3.05) is 32.0 Å². The van der Waals surface area contributed by atoms with Crippen LogP contribution >= 0.6 is 23.2 Å². The smallest absolute Gasteiger partial charge is 0.254 e. The lowest BCUT2D eigenvalue weighted by molar-refractivity contribution is 0.0766. The molecule has 1 aromatic heterocycles. The molecule has 7 nitrogen and oxygen atoms in total. The lowest BCUT2D eigenvalue weighted by Crippen LogP contribution is -2.40. The van der Waals surface area contributed by atoms with E-state index in [4.69, 9.17) is 38.5 Å². The summed E-state index contributed by atoms with van der Waals surface area (Å²) in [4.78, 5) is 19.5. The van der Waals surface area contributed by atoms with Crippen LogP contribution in [0.15, 0.2) is 51.1 Å². The maximum atomic E-state index is 13.1. The first kappa shape index (κ1) is 20.5. The molecule has 2 aliphatic rings. The minimum atomic E-state index is -0.145. The normalized spacial score (nSPS) is 16.8. The first-order valence-electron chi connectivity index (χ1n) is 9.49. The zero-order chi connectivity index (χ0) is 21.4. The number of anilines is 1. The van der Waals surface area contributed by atoms with E-state index in [1.807, 2.05) is 0 Å².